The summed E-state index contributed by atoms with van der Waals surface area (Å²) in [5.74, 6) is 0.123. The van der Waals surface area contributed by atoms with Crippen LogP contribution in [0, 0.1) is 0 Å². The Hall–Kier alpha value is -0.610. The molecule has 1 atom stereocenters. The number of nitrogens with one attached hydrogen (secondary N) is 1. The molecule has 4 heteroatoms. The highest BCUT2D eigenvalue weighted by Gasteiger charge is 2.14. The highest BCUT2D eigenvalue weighted by atomic mass is 16.5. The number of carbonyl (C=O) groups excluding carboxylic acids is 1. The van der Waals surface area contributed by atoms with Crippen LogP contribution in [-0.2, 0) is 9.53 Å². The quantitative estimate of drug-likeness (QED) is 0.643. The smallest absolute Gasteiger partial charge is 0.220 e. The van der Waals surface area contributed by atoms with Crippen molar-refractivity contribution in [3.05, 3.63) is 0 Å². The molecule has 1 rings (SSSR count). The first-order chi connectivity index (χ1) is 7.33. The van der Waals surface area contributed by atoms with Crippen LogP contribution in [0.5, 0.6) is 0 Å². The van der Waals surface area contributed by atoms with Crippen LogP contribution < -0.4 is 11.1 Å². The standard InChI is InChI=1S/C11H22N2O2/c12-7-3-1-6-11(14)13-9-10-5-2-4-8-15-10/h10H,1-9,12H2,(H,13,14). The van der Waals surface area contributed by atoms with Crippen molar-refractivity contribution in [2.24, 2.45) is 5.73 Å². The molecule has 1 aliphatic rings. The van der Waals surface area contributed by atoms with Crippen LogP contribution in [0.25, 0.3) is 0 Å². The molecule has 15 heavy (non-hydrogen) atoms. The van der Waals surface area contributed by atoms with Gasteiger partial charge < -0.3 is 15.8 Å². The van der Waals surface area contributed by atoms with E-state index in [2.05, 4.69) is 5.32 Å². The predicted octanol–water partition coefficient (Wildman–Crippen LogP) is 0.801. The fraction of sp³-hybridized carbons (Fsp3) is 0.909. The van der Waals surface area contributed by atoms with Gasteiger partial charge in [0, 0.05) is 19.6 Å². The Balaban J connectivity index is 2.00. The Morgan fingerprint density at radius 3 is 2.93 bits per heavy atom. The Bertz CT molecular complexity index is 179. The first kappa shape index (κ1) is 12.5. The molecule has 0 radical (unpaired) electrons. The zero-order chi connectivity index (χ0) is 10.9. The molecular weight excluding hydrogens is 192 g/mol. The van der Waals surface area contributed by atoms with E-state index in [-0.39, 0.29) is 12.0 Å². The second-order valence-electron chi connectivity index (χ2n) is 4.04. The van der Waals surface area contributed by atoms with Gasteiger partial charge in [-0.2, -0.15) is 0 Å². The van der Waals surface area contributed by atoms with E-state index in [0.717, 1.165) is 32.3 Å². The highest BCUT2D eigenvalue weighted by molar-refractivity contribution is 5.75. The van der Waals surface area contributed by atoms with Crippen molar-refractivity contribution in [3.8, 4) is 0 Å². The number of rotatable bonds is 6. The molecule has 0 saturated carbocycles. The highest BCUT2D eigenvalue weighted by Crippen LogP contribution is 2.11. The maximum absolute atomic E-state index is 11.4. The molecule has 0 bridgehead atoms. The monoisotopic (exact) mass is 214 g/mol. The molecule has 3 N–H and O–H groups in total. The average Bonchev–Trinajstić information content (AvgIpc) is 2.28. The second-order valence-corrected chi connectivity index (χ2v) is 4.04. The molecule has 1 amide bonds. The van der Waals surface area contributed by atoms with Crippen molar-refractivity contribution in [3.63, 3.8) is 0 Å². The third-order valence-corrected chi connectivity index (χ3v) is 2.66. The molecule has 0 spiro atoms. The minimum Gasteiger partial charge on any atom is -0.376 e. The Morgan fingerprint density at radius 2 is 2.27 bits per heavy atom. The normalized spacial score (nSPS) is 21.3. The van der Waals surface area contributed by atoms with Gasteiger partial charge >= 0.3 is 0 Å². The summed E-state index contributed by atoms with van der Waals surface area (Å²) >= 11 is 0. The summed E-state index contributed by atoms with van der Waals surface area (Å²) in [6.07, 6.45) is 6.07. The Labute approximate surface area is 91.5 Å². The minimum atomic E-state index is 0.123. The first-order valence-electron chi connectivity index (χ1n) is 5.91. The lowest BCUT2D eigenvalue weighted by molar-refractivity contribution is -0.122. The van der Waals surface area contributed by atoms with E-state index < -0.39 is 0 Å². The molecule has 1 fully saturated rings. The van der Waals surface area contributed by atoms with E-state index in [0.29, 0.717) is 19.5 Å². The van der Waals surface area contributed by atoms with Gasteiger partial charge in [0.25, 0.3) is 0 Å². The third kappa shape index (κ3) is 5.74. The summed E-state index contributed by atoms with van der Waals surface area (Å²) < 4.78 is 5.52. The summed E-state index contributed by atoms with van der Waals surface area (Å²) in [5.41, 5.74) is 5.35. The summed E-state index contributed by atoms with van der Waals surface area (Å²) in [5, 5.41) is 2.91. The number of amides is 1. The molecule has 1 saturated heterocycles. The number of ether oxygens (including phenoxy) is 1. The summed E-state index contributed by atoms with van der Waals surface area (Å²) in [6, 6.07) is 0. The van der Waals surface area contributed by atoms with Crippen molar-refractivity contribution in [2.45, 2.75) is 44.6 Å². The van der Waals surface area contributed by atoms with Crippen molar-refractivity contribution in [1.29, 1.82) is 0 Å². The number of hydrogen-bond donors (Lipinski definition) is 2. The topological polar surface area (TPSA) is 64.4 Å². The van der Waals surface area contributed by atoms with Crippen LogP contribution in [-0.4, -0.2) is 31.7 Å². The zero-order valence-electron chi connectivity index (χ0n) is 9.34. The van der Waals surface area contributed by atoms with Crippen molar-refractivity contribution in [2.75, 3.05) is 19.7 Å². The lowest BCUT2D eigenvalue weighted by atomic mass is 10.1. The molecule has 1 unspecified atom stereocenters. The average molecular weight is 214 g/mol. The molecule has 0 aromatic carbocycles. The van der Waals surface area contributed by atoms with Crippen LogP contribution in [0.2, 0.25) is 0 Å². The molecule has 1 aliphatic heterocycles. The van der Waals surface area contributed by atoms with Gasteiger partial charge in [-0.25, -0.2) is 0 Å². The fourth-order valence-corrected chi connectivity index (χ4v) is 1.71. The molecule has 0 aromatic rings. The second kappa shape index (κ2) is 7.65. The van der Waals surface area contributed by atoms with Crippen LogP contribution in [0.15, 0.2) is 0 Å². The first-order valence-corrected chi connectivity index (χ1v) is 5.91. The van der Waals surface area contributed by atoms with Gasteiger partial charge in [0.1, 0.15) is 0 Å². The van der Waals surface area contributed by atoms with Crippen LogP contribution in [0.3, 0.4) is 0 Å². The fourth-order valence-electron chi connectivity index (χ4n) is 1.71. The summed E-state index contributed by atoms with van der Waals surface area (Å²) in [7, 11) is 0. The van der Waals surface area contributed by atoms with Gasteiger partial charge in [0.15, 0.2) is 0 Å². The van der Waals surface area contributed by atoms with E-state index >= 15 is 0 Å². The number of hydrogen-bond acceptors (Lipinski definition) is 3. The Morgan fingerprint density at radius 1 is 1.40 bits per heavy atom. The number of unbranched alkanes of at least 4 members (excludes halogenated alkanes) is 1. The molecule has 88 valence electrons. The predicted molar refractivity (Wildman–Crippen MR) is 59.5 cm³/mol. The molecule has 0 aliphatic carbocycles. The van der Waals surface area contributed by atoms with Gasteiger partial charge in [-0.1, -0.05) is 0 Å². The van der Waals surface area contributed by atoms with Crippen molar-refractivity contribution in [1.82, 2.24) is 5.32 Å². The van der Waals surface area contributed by atoms with E-state index in [9.17, 15) is 4.79 Å². The molecule has 1 heterocycles. The molecule has 0 aromatic heterocycles. The zero-order valence-corrected chi connectivity index (χ0v) is 9.34. The minimum absolute atomic E-state index is 0.123. The number of carbonyl (C=O) groups is 1. The van der Waals surface area contributed by atoms with Crippen molar-refractivity contribution >= 4 is 5.91 Å². The van der Waals surface area contributed by atoms with Gasteiger partial charge in [0.2, 0.25) is 5.91 Å². The van der Waals surface area contributed by atoms with E-state index in [1.807, 2.05) is 0 Å². The number of nitrogens with two attached hydrogens (primary N) is 1. The van der Waals surface area contributed by atoms with Crippen LogP contribution >= 0.6 is 0 Å². The summed E-state index contributed by atoms with van der Waals surface area (Å²) in [4.78, 5) is 11.4. The SMILES string of the molecule is NCCCCC(=O)NCC1CCCCO1. The third-order valence-electron chi connectivity index (χ3n) is 2.66. The molecular formula is C11H22N2O2. The Kier molecular flexibility index (Phi) is 6.36. The lowest BCUT2D eigenvalue weighted by Crippen LogP contribution is -2.35. The van der Waals surface area contributed by atoms with Gasteiger partial charge in [-0.15, -0.1) is 0 Å². The van der Waals surface area contributed by atoms with E-state index in [4.69, 9.17) is 10.5 Å². The van der Waals surface area contributed by atoms with Crippen LogP contribution in [0.1, 0.15) is 38.5 Å². The molecule has 4 nitrogen and oxygen atoms in total. The lowest BCUT2D eigenvalue weighted by Gasteiger charge is -2.22. The van der Waals surface area contributed by atoms with Gasteiger partial charge in [-0.05, 0) is 38.6 Å². The van der Waals surface area contributed by atoms with Gasteiger partial charge in [0.05, 0.1) is 6.10 Å². The van der Waals surface area contributed by atoms with Gasteiger partial charge in [-0.3, -0.25) is 4.79 Å². The van der Waals surface area contributed by atoms with E-state index in [1.54, 1.807) is 0 Å². The van der Waals surface area contributed by atoms with Crippen LogP contribution in [0.4, 0.5) is 0 Å². The maximum Gasteiger partial charge on any atom is 0.220 e. The summed E-state index contributed by atoms with van der Waals surface area (Å²) in [6.45, 7) is 2.17. The van der Waals surface area contributed by atoms with E-state index in [1.165, 1.54) is 6.42 Å². The largest absolute Gasteiger partial charge is 0.376 e. The maximum atomic E-state index is 11.4. The van der Waals surface area contributed by atoms with Crippen molar-refractivity contribution < 1.29 is 9.53 Å².